The number of rotatable bonds is 6. The van der Waals surface area contributed by atoms with Gasteiger partial charge >= 0.3 is 0 Å². The number of phenols is 1. The number of para-hydroxylation sites is 2. The molecule has 0 amide bonds. The van der Waals surface area contributed by atoms with Crippen LogP contribution in [0, 0.1) is 6.07 Å². The van der Waals surface area contributed by atoms with Crippen LogP contribution in [-0.2, 0) is 26.5 Å². The van der Waals surface area contributed by atoms with Crippen molar-refractivity contribution in [1.29, 1.82) is 0 Å². The molecule has 0 unspecified atom stereocenters. The molecular weight excluding hydrogens is 752 g/mol. The van der Waals surface area contributed by atoms with Gasteiger partial charge in [0.1, 0.15) is 10.8 Å². The smallest absolute Gasteiger partial charge is 0.127 e. The summed E-state index contributed by atoms with van der Waals surface area (Å²) in [6.07, 6.45) is 1.92. The molecule has 6 aromatic rings. The van der Waals surface area contributed by atoms with Gasteiger partial charge in [-0.2, -0.15) is 0 Å². The fourth-order valence-corrected chi connectivity index (χ4v) is 6.52. The zero-order valence-electron chi connectivity index (χ0n) is 26.9. The van der Waals surface area contributed by atoms with Crippen molar-refractivity contribution in [2.45, 2.75) is 65.7 Å². The summed E-state index contributed by atoms with van der Waals surface area (Å²) in [7, 11) is 0. The third-order valence-electron chi connectivity index (χ3n) is 8.26. The molecule has 0 spiro atoms. The average Bonchev–Trinajstić information content (AvgIpc) is 3.45. The van der Waals surface area contributed by atoms with E-state index in [1.54, 1.807) is 17.4 Å². The predicted octanol–water partition coefficient (Wildman–Crippen LogP) is 11.4. The Morgan fingerprint density at radius 2 is 1.40 bits per heavy atom. The maximum atomic E-state index is 10.5. The second-order valence-corrected chi connectivity index (χ2v) is 14.3. The first-order chi connectivity index (χ1) is 21.0. The number of thiazole rings is 1. The summed E-state index contributed by atoms with van der Waals surface area (Å²) in [4.78, 5) is 9.89. The largest absolute Gasteiger partial charge is 0.507 e. The fourth-order valence-electron chi connectivity index (χ4n) is 5.49. The molecule has 0 aliphatic rings. The van der Waals surface area contributed by atoms with Gasteiger partial charge in [-0.25, -0.2) is 4.98 Å². The van der Waals surface area contributed by atoms with Gasteiger partial charge in [0.05, 0.1) is 11.1 Å². The van der Waals surface area contributed by atoms with E-state index < -0.39 is 0 Å². The molecule has 0 saturated heterocycles. The first kappa shape index (κ1) is 32.8. The van der Waals surface area contributed by atoms with Gasteiger partial charge in [-0.3, -0.25) is 4.98 Å². The van der Waals surface area contributed by atoms with E-state index >= 15 is 0 Å². The van der Waals surface area contributed by atoms with Crippen molar-refractivity contribution >= 4 is 21.6 Å². The Balaban J connectivity index is 0.00000400. The van der Waals surface area contributed by atoms with Gasteiger partial charge in [0.25, 0.3) is 0 Å². The summed E-state index contributed by atoms with van der Waals surface area (Å²) in [5.41, 5.74) is 11.8. The Morgan fingerprint density at radius 3 is 2.07 bits per heavy atom. The van der Waals surface area contributed by atoms with Crippen LogP contribution in [0.4, 0.5) is 0 Å². The second kappa shape index (κ2) is 13.0. The normalized spacial score (nSPS) is 11.8. The number of hydrogen-bond donors (Lipinski definition) is 1. The van der Waals surface area contributed by atoms with Gasteiger partial charge in [-0.05, 0) is 63.8 Å². The first-order valence-corrected chi connectivity index (χ1v) is 16.2. The molecule has 45 heavy (non-hydrogen) atoms. The van der Waals surface area contributed by atoms with Gasteiger partial charge in [-0.15, -0.1) is 40.7 Å². The van der Waals surface area contributed by atoms with E-state index in [-0.39, 0.29) is 32.2 Å². The molecule has 0 saturated carbocycles. The molecule has 0 bridgehead atoms. The molecule has 232 valence electrons. The Bertz CT molecular complexity index is 1960. The summed E-state index contributed by atoms with van der Waals surface area (Å²) in [5, 5.41) is 11.3. The minimum Gasteiger partial charge on any atom is -0.507 e. The van der Waals surface area contributed by atoms with Gasteiger partial charge in [0.2, 0.25) is 0 Å². The first-order valence-electron chi connectivity index (χ1n) is 15.4. The number of hydrogen-bond acceptors (Lipinski definition) is 4. The van der Waals surface area contributed by atoms with Crippen LogP contribution in [0.1, 0.15) is 77.0 Å². The summed E-state index contributed by atoms with van der Waals surface area (Å²) in [5.74, 6) is 1.14. The van der Waals surface area contributed by atoms with Crippen LogP contribution in [-0.4, -0.2) is 15.1 Å². The van der Waals surface area contributed by atoms with Crippen molar-refractivity contribution in [2.24, 2.45) is 0 Å². The van der Waals surface area contributed by atoms with Crippen molar-refractivity contribution in [3.8, 4) is 49.8 Å². The van der Waals surface area contributed by atoms with Crippen molar-refractivity contribution in [1.82, 2.24) is 9.97 Å². The number of aromatic hydroxyl groups is 1. The minimum atomic E-state index is -0.0784. The summed E-state index contributed by atoms with van der Waals surface area (Å²) in [6.45, 7) is 15.7. The molecule has 0 radical (unpaired) electrons. The van der Waals surface area contributed by atoms with Crippen LogP contribution in [0.15, 0.2) is 91.1 Å². The van der Waals surface area contributed by atoms with E-state index in [1.807, 2.05) is 24.4 Å². The molecule has 0 atom stereocenters. The fraction of sp³-hybridized carbons (Fsp3) is 0.250. The van der Waals surface area contributed by atoms with E-state index in [0.717, 1.165) is 48.7 Å². The number of pyridine rings is 1. The average molecular weight is 791 g/mol. The van der Waals surface area contributed by atoms with Crippen molar-refractivity contribution in [2.75, 3.05) is 0 Å². The predicted molar refractivity (Wildman–Crippen MR) is 187 cm³/mol. The van der Waals surface area contributed by atoms with Gasteiger partial charge in [0.15, 0.2) is 0 Å². The van der Waals surface area contributed by atoms with Crippen molar-refractivity contribution in [3.05, 3.63) is 114 Å². The quantitative estimate of drug-likeness (QED) is 0.171. The molecule has 0 aliphatic carbocycles. The third-order valence-corrected chi connectivity index (χ3v) is 9.31. The van der Waals surface area contributed by atoms with E-state index in [4.69, 9.17) is 9.97 Å². The van der Waals surface area contributed by atoms with Gasteiger partial charge in [0, 0.05) is 37.7 Å². The van der Waals surface area contributed by atoms with Gasteiger partial charge in [-0.1, -0.05) is 108 Å². The Morgan fingerprint density at radius 1 is 0.733 bits per heavy atom. The zero-order chi connectivity index (χ0) is 31.2. The second-order valence-electron chi connectivity index (χ2n) is 13.3. The number of nitrogens with zero attached hydrogens (tertiary/aromatic N) is 2. The molecule has 3 nitrogen and oxygen atoms in total. The molecule has 0 fully saturated rings. The van der Waals surface area contributed by atoms with E-state index in [0.29, 0.717) is 11.8 Å². The van der Waals surface area contributed by atoms with Crippen LogP contribution in [0.5, 0.6) is 5.75 Å². The van der Waals surface area contributed by atoms with Crippen molar-refractivity contribution < 1.29 is 26.2 Å². The standard InChI is InChI=1S/C40H39N2OS.Pt/c1-24(2)27-17-28(25(3)4)19-29(18-27)26-15-16-41-35(23-26)31-20-30(21-32(22-31)40(5,6)7)33-12-10-14-37-38(33)42-39(44-37)34-11-8-9-13-36(34)43;/h8-19,21-25,43H,1-7H3;/q-1;. The number of benzene rings is 4. The summed E-state index contributed by atoms with van der Waals surface area (Å²) >= 11 is 1.59. The number of phenolic OH excluding ortho intramolecular Hbond substituents is 1. The number of aromatic nitrogens is 2. The molecule has 2 heterocycles. The molecule has 0 aliphatic heterocycles. The summed E-state index contributed by atoms with van der Waals surface area (Å²) in [6, 6.07) is 33.2. The van der Waals surface area contributed by atoms with Crippen LogP contribution in [0.25, 0.3) is 54.3 Å². The van der Waals surface area contributed by atoms with E-state index in [1.165, 1.54) is 22.3 Å². The maximum Gasteiger partial charge on any atom is 0.127 e. The SMILES string of the molecule is CC(C)c1cc(-c2ccnc(-c3[c-]c(-c4cccc5sc(-c6ccccc6O)nc45)cc(C(C)(C)C)c3)c2)cc(C(C)C)c1.[Pt]. The monoisotopic (exact) mass is 790 g/mol. The molecular formula is C40H39N2OPtS-. The molecule has 2 aromatic heterocycles. The summed E-state index contributed by atoms with van der Waals surface area (Å²) < 4.78 is 1.07. The molecule has 1 N–H and O–H groups in total. The minimum absolute atomic E-state index is 0. The van der Waals surface area contributed by atoms with Crippen LogP contribution in [0.3, 0.4) is 0 Å². The van der Waals surface area contributed by atoms with Crippen LogP contribution >= 0.6 is 11.3 Å². The van der Waals surface area contributed by atoms with Crippen LogP contribution in [0.2, 0.25) is 0 Å². The van der Waals surface area contributed by atoms with Crippen molar-refractivity contribution in [3.63, 3.8) is 0 Å². The van der Waals surface area contributed by atoms with E-state index in [9.17, 15) is 5.11 Å². The number of fused-ring (bicyclic) bond motifs is 1. The van der Waals surface area contributed by atoms with Crippen LogP contribution < -0.4 is 0 Å². The molecule has 6 rings (SSSR count). The molecule has 5 heteroatoms. The molecule has 4 aromatic carbocycles. The van der Waals surface area contributed by atoms with Gasteiger partial charge < -0.3 is 5.11 Å². The Kier molecular flexibility index (Phi) is 9.49. The Labute approximate surface area is 285 Å². The zero-order valence-corrected chi connectivity index (χ0v) is 30.0. The Hall–Kier alpha value is -3.59. The third kappa shape index (κ3) is 6.83. The van der Waals surface area contributed by atoms with E-state index in [2.05, 4.69) is 115 Å². The topological polar surface area (TPSA) is 46.0 Å². The maximum absolute atomic E-state index is 10.5.